The number of nitrogens with zero attached hydrogens (tertiary/aromatic N) is 1. The molecule has 0 bridgehead atoms. The van der Waals surface area contributed by atoms with E-state index in [2.05, 4.69) is 31.0 Å². The summed E-state index contributed by atoms with van der Waals surface area (Å²) < 4.78 is 0. The van der Waals surface area contributed by atoms with Gasteiger partial charge in [0.25, 0.3) is 0 Å². The largest absolute Gasteiger partial charge is 0.312 e. The van der Waals surface area contributed by atoms with E-state index in [1.165, 1.54) is 58.2 Å². The lowest BCUT2D eigenvalue weighted by molar-refractivity contribution is 0.154. The third-order valence-electron chi connectivity index (χ3n) is 5.15. The number of hydrogen-bond donors (Lipinski definition) is 1. The molecule has 1 aliphatic carbocycles. The highest BCUT2D eigenvalue weighted by Crippen LogP contribution is 2.28. The third-order valence-corrected chi connectivity index (χ3v) is 5.15. The second-order valence-electron chi connectivity index (χ2n) is 6.86. The summed E-state index contributed by atoms with van der Waals surface area (Å²) in [5.41, 5.74) is 0. The van der Waals surface area contributed by atoms with Gasteiger partial charge in [-0.2, -0.15) is 0 Å². The highest BCUT2D eigenvalue weighted by molar-refractivity contribution is 4.83. The van der Waals surface area contributed by atoms with Crippen LogP contribution in [-0.4, -0.2) is 36.6 Å². The number of nitrogens with one attached hydrogen (secondary N) is 1. The number of rotatable bonds is 4. The van der Waals surface area contributed by atoms with Crippen LogP contribution in [-0.2, 0) is 0 Å². The molecule has 2 fully saturated rings. The van der Waals surface area contributed by atoms with Gasteiger partial charge < -0.3 is 5.32 Å². The van der Waals surface area contributed by atoms with Crippen molar-refractivity contribution in [1.29, 1.82) is 0 Å². The Bertz CT molecular complexity index is 235. The molecule has 2 aliphatic rings. The summed E-state index contributed by atoms with van der Waals surface area (Å²) in [6, 6.07) is 1.48. The first-order chi connectivity index (χ1) is 8.66. The Hall–Kier alpha value is -0.0800. The fourth-order valence-electron chi connectivity index (χ4n) is 3.63. The van der Waals surface area contributed by atoms with Gasteiger partial charge in [0, 0.05) is 18.6 Å². The molecule has 1 saturated heterocycles. The highest BCUT2D eigenvalue weighted by Gasteiger charge is 2.26. The summed E-state index contributed by atoms with van der Waals surface area (Å²) in [7, 11) is 0. The molecule has 18 heavy (non-hydrogen) atoms. The molecule has 0 amide bonds. The summed E-state index contributed by atoms with van der Waals surface area (Å²) in [5, 5.41) is 3.86. The summed E-state index contributed by atoms with van der Waals surface area (Å²) in [5.74, 6) is 1.79. The van der Waals surface area contributed by atoms with E-state index in [9.17, 15) is 0 Å². The summed E-state index contributed by atoms with van der Waals surface area (Å²) in [6.45, 7) is 11.1. The Labute approximate surface area is 114 Å². The molecule has 2 heteroatoms. The van der Waals surface area contributed by atoms with Crippen LogP contribution >= 0.6 is 0 Å². The van der Waals surface area contributed by atoms with Crippen molar-refractivity contribution in [3.05, 3.63) is 0 Å². The van der Waals surface area contributed by atoms with Crippen molar-refractivity contribution in [2.24, 2.45) is 11.8 Å². The minimum atomic E-state index is 0.717. The molecule has 4 unspecified atom stereocenters. The Balaban J connectivity index is 1.72. The van der Waals surface area contributed by atoms with Gasteiger partial charge in [0.15, 0.2) is 0 Å². The van der Waals surface area contributed by atoms with Crippen LogP contribution in [0.15, 0.2) is 0 Å². The lowest BCUT2D eigenvalue weighted by Crippen LogP contribution is -2.48. The Kier molecular flexibility index (Phi) is 5.50. The maximum Gasteiger partial charge on any atom is 0.0192 e. The van der Waals surface area contributed by atoms with Gasteiger partial charge in [-0.1, -0.05) is 26.7 Å². The molecule has 0 aromatic carbocycles. The standard InChI is InChI=1S/C16H32N2/c1-13-7-8-14(2)16(11-13)17-12-15(3)18-9-5-4-6-10-18/h13-17H,4-12H2,1-3H3. The first kappa shape index (κ1) is 14.3. The topological polar surface area (TPSA) is 15.3 Å². The van der Waals surface area contributed by atoms with Gasteiger partial charge in [-0.05, 0) is 57.5 Å². The molecule has 0 aromatic heterocycles. The normalized spacial score (nSPS) is 36.5. The Morgan fingerprint density at radius 3 is 2.56 bits per heavy atom. The zero-order valence-electron chi connectivity index (χ0n) is 12.6. The maximum atomic E-state index is 3.86. The van der Waals surface area contributed by atoms with E-state index in [-0.39, 0.29) is 0 Å². The van der Waals surface area contributed by atoms with Crippen molar-refractivity contribution >= 4 is 0 Å². The molecule has 106 valence electrons. The van der Waals surface area contributed by atoms with Crippen LogP contribution in [0, 0.1) is 11.8 Å². The molecule has 2 rings (SSSR count). The van der Waals surface area contributed by atoms with Gasteiger partial charge in [-0.15, -0.1) is 0 Å². The quantitative estimate of drug-likeness (QED) is 0.826. The van der Waals surface area contributed by atoms with Gasteiger partial charge in [0.1, 0.15) is 0 Å². The second kappa shape index (κ2) is 6.91. The molecule has 0 radical (unpaired) electrons. The number of hydrogen-bond acceptors (Lipinski definition) is 2. The van der Waals surface area contributed by atoms with Crippen LogP contribution in [0.5, 0.6) is 0 Å². The van der Waals surface area contributed by atoms with E-state index in [1.807, 2.05) is 0 Å². The number of piperidine rings is 1. The first-order valence-electron chi connectivity index (χ1n) is 8.14. The third kappa shape index (κ3) is 3.96. The highest BCUT2D eigenvalue weighted by atomic mass is 15.2. The zero-order valence-corrected chi connectivity index (χ0v) is 12.6. The smallest absolute Gasteiger partial charge is 0.0192 e. The van der Waals surface area contributed by atoms with Gasteiger partial charge in [-0.3, -0.25) is 4.90 Å². The minimum absolute atomic E-state index is 0.717. The fourth-order valence-corrected chi connectivity index (χ4v) is 3.63. The van der Waals surface area contributed by atoms with Crippen LogP contribution in [0.3, 0.4) is 0 Å². The van der Waals surface area contributed by atoms with E-state index in [0.717, 1.165) is 23.9 Å². The van der Waals surface area contributed by atoms with Crippen LogP contribution < -0.4 is 5.32 Å². The molecule has 1 saturated carbocycles. The van der Waals surface area contributed by atoms with Gasteiger partial charge >= 0.3 is 0 Å². The van der Waals surface area contributed by atoms with Crippen LogP contribution in [0.2, 0.25) is 0 Å². The summed E-state index contributed by atoms with van der Waals surface area (Å²) in [6.07, 6.45) is 8.47. The van der Waals surface area contributed by atoms with Crippen molar-refractivity contribution in [1.82, 2.24) is 10.2 Å². The van der Waals surface area contributed by atoms with E-state index in [1.54, 1.807) is 0 Å². The van der Waals surface area contributed by atoms with Gasteiger partial charge in [0.2, 0.25) is 0 Å². The van der Waals surface area contributed by atoms with E-state index < -0.39 is 0 Å². The maximum absolute atomic E-state index is 3.86. The Morgan fingerprint density at radius 1 is 1.11 bits per heavy atom. The lowest BCUT2D eigenvalue weighted by atomic mass is 9.80. The first-order valence-corrected chi connectivity index (χ1v) is 8.14. The molecule has 0 aromatic rings. The van der Waals surface area contributed by atoms with E-state index in [0.29, 0.717) is 0 Å². The number of likely N-dealkylation sites (tertiary alicyclic amines) is 1. The second-order valence-corrected chi connectivity index (χ2v) is 6.86. The summed E-state index contributed by atoms with van der Waals surface area (Å²) in [4.78, 5) is 2.67. The summed E-state index contributed by atoms with van der Waals surface area (Å²) >= 11 is 0. The van der Waals surface area contributed by atoms with Crippen molar-refractivity contribution < 1.29 is 0 Å². The van der Waals surface area contributed by atoms with Crippen LogP contribution in [0.25, 0.3) is 0 Å². The molecule has 1 N–H and O–H groups in total. The molecular formula is C16H32N2. The minimum Gasteiger partial charge on any atom is -0.312 e. The zero-order chi connectivity index (χ0) is 13.0. The van der Waals surface area contributed by atoms with E-state index >= 15 is 0 Å². The van der Waals surface area contributed by atoms with Crippen molar-refractivity contribution in [2.75, 3.05) is 19.6 Å². The monoisotopic (exact) mass is 252 g/mol. The van der Waals surface area contributed by atoms with Gasteiger partial charge in [-0.25, -0.2) is 0 Å². The van der Waals surface area contributed by atoms with Crippen molar-refractivity contribution in [3.63, 3.8) is 0 Å². The SMILES string of the molecule is CC1CCC(C)C(NCC(C)N2CCCCC2)C1. The predicted molar refractivity (Wildman–Crippen MR) is 78.9 cm³/mol. The van der Waals surface area contributed by atoms with Gasteiger partial charge in [0.05, 0.1) is 0 Å². The van der Waals surface area contributed by atoms with Crippen molar-refractivity contribution in [3.8, 4) is 0 Å². The lowest BCUT2D eigenvalue weighted by Gasteiger charge is -2.37. The molecule has 0 spiro atoms. The Morgan fingerprint density at radius 2 is 1.83 bits per heavy atom. The van der Waals surface area contributed by atoms with Crippen LogP contribution in [0.4, 0.5) is 0 Å². The average molecular weight is 252 g/mol. The molecule has 2 nitrogen and oxygen atoms in total. The molecule has 1 aliphatic heterocycles. The predicted octanol–water partition coefficient (Wildman–Crippen LogP) is 3.28. The average Bonchev–Trinajstić information content (AvgIpc) is 2.40. The van der Waals surface area contributed by atoms with Crippen LogP contribution in [0.1, 0.15) is 59.3 Å². The molecule has 1 heterocycles. The molecule has 4 atom stereocenters. The van der Waals surface area contributed by atoms with Crippen molar-refractivity contribution in [2.45, 2.75) is 71.4 Å². The van der Waals surface area contributed by atoms with E-state index in [4.69, 9.17) is 0 Å². The molecular weight excluding hydrogens is 220 g/mol. The fraction of sp³-hybridized carbons (Fsp3) is 1.00.